The molecule has 0 saturated heterocycles. The molecule has 0 aromatic heterocycles. The Morgan fingerprint density at radius 2 is 1.79 bits per heavy atom. The minimum absolute atomic E-state index is 0.224. The van der Waals surface area contributed by atoms with Gasteiger partial charge >= 0.3 is 0 Å². The van der Waals surface area contributed by atoms with Crippen molar-refractivity contribution in [2.75, 3.05) is 14.1 Å². The van der Waals surface area contributed by atoms with Crippen molar-refractivity contribution in [3.8, 4) is 6.07 Å². The molecule has 80 valence electrons. The molecule has 0 N–H and O–H groups in total. The molecule has 0 bridgehead atoms. The molecule has 1 atom stereocenters. The number of hydrogen-bond donors (Lipinski definition) is 0. The highest BCUT2D eigenvalue weighted by molar-refractivity contribution is 5.03. The summed E-state index contributed by atoms with van der Waals surface area (Å²) in [4.78, 5) is 2.24. The summed E-state index contributed by atoms with van der Waals surface area (Å²) in [5.74, 6) is 0.722. The Kier molecular flexibility index (Phi) is 3.55. The number of rotatable bonds is 3. The van der Waals surface area contributed by atoms with Crippen LogP contribution < -0.4 is 0 Å². The van der Waals surface area contributed by atoms with Crippen molar-refractivity contribution in [2.24, 2.45) is 11.3 Å². The van der Waals surface area contributed by atoms with Crippen molar-refractivity contribution >= 4 is 0 Å². The van der Waals surface area contributed by atoms with E-state index in [1.807, 2.05) is 0 Å². The Morgan fingerprint density at radius 1 is 1.29 bits per heavy atom. The first-order valence-corrected chi connectivity index (χ1v) is 5.56. The molecule has 2 nitrogen and oxygen atoms in total. The average molecular weight is 194 g/mol. The van der Waals surface area contributed by atoms with Crippen LogP contribution in [-0.4, -0.2) is 25.0 Å². The van der Waals surface area contributed by atoms with Crippen LogP contribution in [-0.2, 0) is 0 Å². The van der Waals surface area contributed by atoms with E-state index in [0.29, 0.717) is 6.04 Å². The number of nitriles is 1. The fourth-order valence-corrected chi connectivity index (χ4v) is 3.00. The third-order valence-electron chi connectivity index (χ3n) is 3.43. The molecular weight excluding hydrogens is 172 g/mol. The summed E-state index contributed by atoms with van der Waals surface area (Å²) in [6.07, 6.45) is 5.29. The van der Waals surface area contributed by atoms with Crippen molar-refractivity contribution in [3.63, 3.8) is 0 Å². The van der Waals surface area contributed by atoms with Gasteiger partial charge in [0.05, 0.1) is 11.5 Å². The Bertz CT molecular complexity index is 219. The summed E-state index contributed by atoms with van der Waals surface area (Å²) in [6.45, 7) is 4.13. The fourth-order valence-electron chi connectivity index (χ4n) is 3.00. The van der Waals surface area contributed by atoms with Gasteiger partial charge in [-0.2, -0.15) is 5.26 Å². The topological polar surface area (TPSA) is 27.0 Å². The molecule has 0 aromatic rings. The van der Waals surface area contributed by atoms with Crippen LogP contribution in [0.4, 0.5) is 0 Å². The first kappa shape index (κ1) is 11.5. The SMILES string of the molecule is CN(C)C(C1CCCC1)C(C)(C)C#N. The molecule has 1 rings (SSSR count). The zero-order valence-electron chi connectivity index (χ0n) is 9.88. The Labute approximate surface area is 87.9 Å². The van der Waals surface area contributed by atoms with E-state index >= 15 is 0 Å². The largest absolute Gasteiger partial charge is 0.305 e. The zero-order chi connectivity index (χ0) is 10.8. The smallest absolute Gasteiger partial charge is 0.0700 e. The molecule has 2 heteroatoms. The van der Waals surface area contributed by atoms with E-state index in [2.05, 4.69) is 38.9 Å². The lowest BCUT2D eigenvalue weighted by Gasteiger charge is -2.38. The molecule has 0 aliphatic heterocycles. The average Bonchev–Trinajstić information content (AvgIpc) is 2.56. The summed E-state index contributed by atoms with van der Waals surface area (Å²) in [6, 6.07) is 2.87. The molecule has 1 aliphatic carbocycles. The lowest BCUT2D eigenvalue weighted by Crippen LogP contribution is -2.45. The molecule has 1 saturated carbocycles. The predicted octanol–water partition coefficient (Wildman–Crippen LogP) is 2.66. The highest BCUT2D eigenvalue weighted by atomic mass is 15.1. The lowest BCUT2D eigenvalue weighted by molar-refractivity contribution is 0.120. The van der Waals surface area contributed by atoms with Gasteiger partial charge in [0.25, 0.3) is 0 Å². The van der Waals surface area contributed by atoms with E-state index in [4.69, 9.17) is 0 Å². The standard InChI is InChI=1S/C12H22N2/c1-12(2,9-13)11(14(3)4)10-7-5-6-8-10/h10-11H,5-8H2,1-4H3. The molecule has 0 aromatic carbocycles. The van der Waals surface area contributed by atoms with E-state index in [0.717, 1.165) is 5.92 Å². The van der Waals surface area contributed by atoms with Gasteiger partial charge in [0, 0.05) is 6.04 Å². The maximum Gasteiger partial charge on any atom is 0.0700 e. The maximum atomic E-state index is 9.20. The first-order chi connectivity index (χ1) is 6.49. The van der Waals surface area contributed by atoms with Crippen LogP contribution >= 0.6 is 0 Å². The molecule has 0 amide bonds. The van der Waals surface area contributed by atoms with E-state index in [1.54, 1.807) is 0 Å². The summed E-state index contributed by atoms with van der Waals surface area (Å²) in [5.41, 5.74) is -0.224. The second-order valence-electron chi connectivity index (χ2n) is 5.29. The van der Waals surface area contributed by atoms with Gasteiger partial charge in [-0.3, -0.25) is 0 Å². The molecule has 0 radical (unpaired) electrons. The van der Waals surface area contributed by atoms with E-state index < -0.39 is 0 Å². The maximum absolute atomic E-state index is 9.20. The lowest BCUT2D eigenvalue weighted by atomic mass is 9.77. The van der Waals surface area contributed by atoms with E-state index in [1.165, 1.54) is 25.7 Å². The van der Waals surface area contributed by atoms with E-state index in [-0.39, 0.29) is 5.41 Å². The van der Waals surface area contributed by atoms with Crippen molar-refractivity contribution in [1.82, 2.24) is 4.90 Å². The zero-order valence-corrected chi connectivity index (χ0v) is 9.88. The van der Waals surface area contributed by atoms with Crippen molar-refractivity contribution in [1.29, 1.82) is 5.26 Å². The van der Waals surface area contributed by atoms with Crippen LogP contribution in [0.5, 0.6) is 0 Å². The van der Waals surface area contributed by atoms with Crippen molar-refractivity contribution in [3.05, 3.63) is 0 Å². The summed E-state index contributed by atoms with van der Waals surface area (Å²) in [5, 5.41) is 9.20. The second-order valence-corrected chi connectivity index (χ2v) is 5.29. The van der Waals surface area contributed by atoms with Crippen molar-refractivity contribution < 1.29 is 0 Å². The summed E-state index contributed by atoms with van der Waals surface area (Å²) >= 11 is 0. The van der Waals surface area contributed by atoms with Gasteiger partial charge in [-0.05, 0) is 46.7 Å². The highest BCUT2D eigenvalue weighted by Crippen LogP contribution is 2.37. The molecule has 1 aliphatic rings. The predicted molar refractivity (Wildman–Crippen MR) is 58.8 cm³/mol. The van der Waals surface area contributed by atoms with Gasteiger partial charge in [0.2, 0.25) is 0 Å². The van der Waals surface area contributed by atoms with Crippen LogP contribution in [0.3, 0.4) is 0 Å². The second kappa shape index (κ2) is 4.31. The number of hydrogen-bond acceptors (Lipinski definition) is 2. The van der Waals surface area contributed by atoms with Gasteiger partial charge < -0.3 is 4.90 Å². The molecular formula is C12H22N2. The van der Waals surface area contributed by atoms with Crippen LogP contribution in [0, 0.1) is 22.7 Å². The third-order valence-corrected chi connectivity index (χ3v) is 3.43. The van der Waals surface area contributed by atoms with Crippen LogP contribution in [0.15, 0.2) is 0 Å². The van der Waals surface area contributed by atoms with Gasteiger partial charge in [-0.15, -0.1) is 0 Å². The molecule has 0 spiro atoms. The third kappa shape index (κ3) is 2.27. The Hall–Kier alpha value is -0.550. The van der Waals surface area contributed by atoms with Crippen molar-refractivity contribution in [2.45, 2.75) is 45.6 Å². The van der Waals surface area contributed by atoms with Gasteiger partial charge in [0.1, 0.15) is 0 Å². The van der Waals surface area contributed by atoms with E-state index in [9.17, 15) is 5.26 Å². The monoisotopic (exact) mass is 194 g/mol. The van der Waals surface area contributed by atoms with Crippen LogP contribution in [0.25, 0.3) is 0 Å². The van der Waals surface area contributed by atoms with Gasteiger partial charge in [-0.1, -0.05) is 12.8 Å². The quantitative estimate of drug-likeness (QED) is 0.690. The van der Waals surface area contributed by atoms with Gasteiger partial charge in [-0.25, -0.2) is 0 Å². The Balaban J connectivity index is 2.79. The molecule has 14 heavy (non-hydrogen) atoms. The summed E-state index contributed by atoms with van der Waals surface area (Å²) in [7, 11) is 4.20. The van der Waals surface area contributed by atoms with Crippen LogP contribution in [0.2, 0.25) is 0 Å². The van der Waals surface area contributed by atoms with Gasteiger partial charge in [0.15, 0.2) is 0 Å². The highest BCUT2D eigenvalue weighted by Gasteiger charge is 2.38. The molecule has 0 heterocycles. The summed E-state index contributed by atoms with van der Waals surface area (Å²) < 4.78 is 0. The molecule has 1 unspecified atom stereocenters. The Morgan fingerprint density at radius 3 is 2.14 bits per heavy atom. The van der Waals surface area contributed by atoms with Crippen LogP contribution in [0.1, 0.15) is 39.5 Å². The normalized spacial score (nSPS) is 21.1. The minimum Gasteiger partial charge on any atom is -0.305 e. The fraction of sp³-hybridized carbons (Fsp3) is 0.917. The minimum atomic E-state index is -0.224. The number of nitrogens with zero attached hydrogens (tertiary/aromatic N) is 2. The first-order valence-electron chi connectivity index (χ1n) is 5.56. The molecule has 1 fully saturated rings.